The van der Waals surface area contributed by atoms with Crippen LogP contribution in [0.3, 0.4) is 0 Å². The van der Waals surface area contributed by atoms with Gasteiger partial charge in [-0.15, -0.1) is 0 Å². The zero-order valence-electron chi connectivity index (χ0n) is 20.1. The fourth-order valence-corrected chi connectivity index (χ4v) is 4.43. The lowest BCUT2D eigenvalue weighted by Crippen LogP contribution is -2.24. The van der Waals surface area contributed by atoms with Gasteiger partial charge in [0.25, 0.3) is 5.91 Å². The summed E-state index contributed by atoms with van der Waals surface area (Å²) in [5.74, 6) is 0.832. The van der Waals surface area contributed by atoms with Crippen molar-refractivity contribution >= 4 is 16.9 Å². The summed E-state index contributed by atoms with van der Waals surface area (Å²) in [7, 11) is 0. The van der Waals surface area contributed by atoms with Crippen LogP contribution in [0.15, 0.2) is 85.2 Å². The maximum atomic E-state index is 12.6. The number of aromatic nitrogens is 4. The predicted octanol–water partition coefficient (Wildman–Crippen LogP) is 5.25. The molecule has 0 fully saturated rings. The molecule has 0 aliphatic carbocycles. The third-order valence-electron chi connectivity index (χ3n) is 6.18. The minimum Gasteiger partial charge on any atom is -0.352 e. The summed E-state index contributed by atoms with van der Waals surface area (Å²) in [6.07, 6.45) is 5.86. The third-order valence-corrected chi connectivity index (χ3v) is 6.18. The Morgan fingerprint density at radius 1 is 0.914 bits per heavy atom. The van der Waals surface area contributed by atoms with Crippen molar-refractivity contribution in [1.82, 2.24) is 24.6 Å². The van der Waals surface area contributed by atoms with Crippen molar-refractivity contribution in [3.8, 4) is 5.82 Å². The summed E-state index contributed by atoms with van der Waals surface area (Å²) in [5, 5.41) is 8.98. The first kappa shape index (κ1) is 22.6. The highest BCUT2D eigenvalue weighted by atomic mass is 16.1. The lowest BCUT2D eigenvalue weighted by atomic mass is 10.1. The number of carbonyl (C=O) groups excluding carboxylic acids is 1. The van der Waals surface area contributed by atoms with E-state index in [4.69, 9.17) is 10.1 Å². The Hall–Kier alpha value is -4.19. The minimum absolute atomic E-state index is 0.0445. The number of hydrogen-bond acceptors (Lipinski definition) is 3. The Kier molecular flexibility index (Phi) is 6.44. The number of nitrogens with one attached hydrogen (secondary N) is 1. The molecule has 2 aromatic carbocycles. The number of pyridine rings is 1. The molecule has 5 aromatic rings. The molecule has 6 nitrogen and oxygen atoms in total. The molecule has 0 atom stereocenters. The number of fused-ring (bicyclic) bond motifs is 1. The largest absolute Gasteiger partial charge is 0.352 e. The van der Waals surface area contributed by atoms with E-state index in [1.165, 1.54) is 5.56 Å². The third kappa shape index (κ3) is 5.01. The molecule has 6 heteroatoms. The first-order chi connectivity index (χ1) is 17.1. The van der Waals surface area contributed by atoms with Crippen LogP contribution in [0.2, 0.25) is 0 Å². The van der Waals surface area contributed by atoms with Crippen molar-refractivity contribution in [1.29, 1.82) is 0 Å². The summed E-state index contributed by atoms with van der Waals surface area (Å²) in [5.41, 5.74) is 6.01. The van der Waals surface area contributed by atoms with Crippen LogP contribution in [0, 0.1) is 13.8 Å². The van der Waals surface area contributed by atoms with Crippen LogP contribution in [0.5, 0.6) is 0 Å². The van der Waals surface area contributed by atoms with Gasteiger partial charge < -0.3 is 9.88 Å². The van der Waals surface area contributed by atoms with Crippen molar-refractivity contribution in [2.45, 2.75) is 33.2 Å². The summed E-state index contributed by atoms with van der Waals surface area (Å²) < 4.78 is 3.97. The molecule has 35 heavy (non-hydrogen) atoms. The number of benzene rings is 2. The van der Waals surface area contributed by atoms with Crippen LogP contribution in [0.1, 0.15) is 39.2 Å². The second-order valence-corrected chi connectivity index (χ2v) is 8.89. The molecule has 0 bridgehead atoms. The zero-order valence-corrected chi connectivity index (χ0v) is 20.1. The Morgan fingerprint density at radius 2 is 1.66 bits per heavy atom. The van der Waals surface area contributed by atoms with Gasteiger partial charge in [-0.3, -0.25) is 4.79 Å². The van der Waals surface area contributed by atoms with E-state index in [2.05, 4.69) is 30.4 Å². The van der Waals surface area contributed by atoms with E-state index in [0.29, 0.717) is 18.7 Å². The monoisotopic (exact) mass is 463 g/mol. The summed E-state index contributed by atoms with van der Waals surface area (Å²) in [6.45, 7) is 5.34. The van der Waals surface area contributed by atoms with E-state index in [-0.39, 0.29) is 5.91 Å². The van der Waals surface area contributed by atoms with E-state index in [9.17, 15) is 4.79 Å². The average molecular weight is 464 g/mol. The summed E-state index contributed by atoms with van der Waals surface area (Å²) >= 11 is 0. The molecule has 0 aliphatic rings. The number of amides is 1. The average Bonchev–Trinajstić information content (AvgIpc) is 3.52. The Morgan fingerprint density at radius 3 is 2.40 bits per heavy atom. The van der Waals surface area contributed by atoms with Crippen molar-refractivity contribution in [2.24, 2.45) is 0 Å². The van der Waals surface area contributed by atoms with Crippen molar-refractivity contribution in [3.63, 3.8) is 0 Å². The molecule has 0 saturated carbocycles. The molecular weight excluding hydrogens is 434 g/mol. The molecule has 1 amide bonds. The van der Waals surface area contributed by atoms with Gasteiger partial charge in [0.1, 0.15) is 0 Å². The molecule has 3 aromatic heterocycles. The fraction of sp³-hybridized carbons (Fsp3) is 0.207. The topological polar surface area (TPSA) is 64.7 Å². The predicted molar refractivity (Wildman–Crippen MR) is 139 cm³/mol. The molecule has 176 valence electrons. The van der Waals surface area contributed by atoms with Gasteiger partial charge in [-0.1, -0.05) is 42.5 Å². The number of nitrogens with zero attached hydrogens (tertiary/aromatic N) is 4. The van der Waals surface area contributed by atoms with Crippen LogP contribution in [0.25, 0.3) is 16.9 Å². The molecule has 0 spiro atoms. The van der Waals surface area contributed by atoms with Gasteiger partial charge in [0.05, 0.1) is 11.9 Å². The zero-order chi connectivity index (χ0) is 24.2. The molecule has 0 saturated heterocycles. The van der Waals surface area contributed by atoms with Crippen LogP contribution in [-0.4, -0.2) is 31.8 Å². The normalized spacial score (nSPS) is 11.1. The first-order valence-electron chi connectivity index (χ1n) is 12.0. The van der Waals surface area contributed by atoms with Gasteiger partial charge in [0.15, 0.2) is 11.5 Å². The smallest absolute Gasteiger partial charge is 0.251 e. The highest BCUT2D eigenvalue weighted by Crippen LogP contribution is 2.25. The fourth-order valence-electron chi connectivity index (χ4n) is 4.43. The number of hydrogen-bond donors (Lipinski definition) is 1. The Balaban J connectivity index is 1.28. The number of carbonyl (C=O) groups is 1. The van der Waals surface area contributed by atoms with Gasteiger partial charge in [0, 0.05) is 30.2 Å². The van der Waals surface area contributed by atoms with E-state index in [1.807, 2.05) is 83.2 Å². The van der Waals surface area contributed by atoms with E-state index < -0.39 is 0 Å². The summed E-state index contributed by atoms with van der Waals surface area (Å²) in [6, 6.07) is 24.1. The maximum Gasteiger partial charge on any atom is 0.251 e. The molecule has 0 unspecified atom stereocenters. The molecule has 1 N–H and O–H groups in total. The lowest BCUT2D eigenvalue weighted by Gasteiger charge is -2.08. The standard InChI is InChI=1S/C29H29N5O/c1-21-19-22(2)31-27-26(21)28(33-17-6-7-18-33)32-34(27)20-24-12-14-25(15-13-24)29(35)30-16-8-11-23-9-4-3-5-10-23/h3-7,9-10,12-15,17-19H,8,11,16,20H2,1-2H3,(H,30,35). The molecular formula is C29H29N5O. The highest BCUT2D eigenvalue weighted by molar-refractivity contribution is 5.94. The van der Waals surface area contributed by atoms with Crippen molar-refractivity contribution in [2.75, 3.05) is 6.54 Å². The quantitative estimate of drug-likeness (QED) is 0.320. The SMILES string of the molecule is Cc1cc(C)c2c(-n3cccc3)nn(Cc3ccc(C(=O)NCCCc4ccccc4)cc3)c2n1. The first-order valence-corrected chi connectivity index (χ1v) is 12.0. The molecule has 0 aliphatic heterocycles. The molecule has 3 heterocycles. The van der Waals surface area contributed by atoms with Crippen molar-refractivity contribution < 1.29 is 4.79 Å². The van der Waals surface area contributed by atoms with Gasteiger partial charge in [-0.2, -0.15) is 5.10 Å². The Labute approximate surface area is 205 Å². The van der Waals surface area contributed by atoms with Crippen LogP contribution < -0.4 is 5.32 Å². The summed E-state index contributed by atoms with van der Waals surface area (Å²) in [4.78, 5) is 17.4. The molecule has 0 radical (unpaired) electrons. The van der Waals surface area contributed by atoms with E-state index in [1.54, 1.807) is 0 Å². The van der Waals surface area contributed by atoms with E-state index >= 15 is 0 Å². The molecule has 5 rings (SSSR count). The second kappa shape index (κ2) is 9.97. The van der Waals surface area contributed by atoms with Gasteiger partial charge in [-0.05, 0) is 73.7 Å². The van der Waals surface area contributed by atoms with Gasteiger partial charge in [0.2, 0.25) is 0 Å². The lowest BCUT2D eigenvalue weighted by molar-refractivity contribution is 0.0953. The second-order valence-electron chi connectivity index (χ2n) is 8.89. The van der Waals surface area contributed by atoms with Gasteiger partial charge >= 0.3 is 0 Å². The number of rotatable bonds is 8. The van der Waals surface area contributed by atoms with Gasteiger partial charge in [-0.25, -0.2) is 9.67 Å². The van der Waals surface area contributed by atoms with Crippen LogP contribution >= 0.6 is 0 Å². The highest BCUT2D eigenvalue weighted by Gasteiger charge is 2.16. The van der Waals surface area contributed by atoms with Crippen LogP contribution in [0.4, 0.5) is 0 Å². The maximum absolute atomic E-state index is 12.6. The van der Waals surface area contributed by atoms with Crippen molar-refractivity contribution in [3.05, 3.63) is 113 Å². The van der Waals surface area contributed by atoms with E-state index in [0.717, 1.165) is 46.5 Å². The Bertz CT molecular complexity index is 1430. The number of aryl methyl sites for hydroxylation is 3. The minimum atomic E-state index is -0.0445. The van der Waals surface area contributed by atoms with Crippen LogP contribution in [-0.2, 0) is 13.0 Å².